The fourth-order valence-corrected chi connectivity index (χ4v) is 2.80. The maximum absolute atomic E-state index is 5.59. The SMILES string of the molecule is CC1(C)CC1c1nc2c(c(NN)n1)CCCC2. The second-order valence-corrected chi connectivity index (χ2v) is 5.95. The van der Waals surface area contributed by atoms with Gasteiger partial charge in [0.05, 0.1) is 0 Å². The first-order valence-electron chi connectivity index (χ1n) is 6.48. The second-order valence-electron chi connectivity index (χ2n) is 5.95. The van der Waals surface area contributed by atoms with Gasteiger partial charge >= 0.3 is 0 Å². The smallest absolute Gasteiger partial charge is 0.147 e. The summed E-state index contributed by atoms with van der Waals surface area (Å²) in [5.41, 5.74) is 5.58. The Kier molecular flexibility index (Phi) is 2.36. The largest absolute Gasteiger partial charge is 0.308 e. The topological polar surface area (TPSA) is 63.8 Å². The summed E-state index contributed by atoms with van der Waals surface area (Å²) in [4.78, 5) is 9.39. The zero-order chi connectivity index (χ0) is 12.0. The molecule has 1 aromatic heterocycles. The predicted molar refractivity (Wildman–Crippen MR) is 67.6 cm³/mol. The maximum Gasteiger partial charge on any atom is 0.147 e. The standard InChI is InChI=1S/C13H20N4/c1-13(2)7-9(13)12-15-10-6-4-3-5-8(10)11(16-12)17-14/h9H,3-7,14H2,1-2H3,(H,15,16,17). The van der Waals surface area contributed by atoms with E-state index < -0.39 is 0 Å². The normalized spacial score (nSPS) is 25.2. The van der Waals surface area contributed by atoms with E-state index in [-0.39, 0.29) is 0 Å². The Balaban J connectivity index is 2.01. The van der Waals surface area contributed by atoms with E-state index >= 15 is 0 Å². The minimum atomic E-state index is 0.370. The third-order valence-electron chi connectivity index (χ3n) is 4.16. The lowest BCUT2D eigenvalue weighted by molar-refractivity contribution is 0.598. The Hall–Kier alpha value is -1.16. The molecule has 1 heterocycles. The number of rotatable bonds is 2. The molecular weight excluding hydrogens is 212 g/mol. The number of nitrogens with two attached hydrogens (primary N) is 1. The molecule has 0 amide bonds. The molecule has 1 unspecified atom stereocenters. The van der Waals surface area contributed by atoms with Crippen molar-refractivity contribution < 1.29 is 0 Å². The highest BCUT2D eigenvalue weighted by Crippen LogP contribution is 2.57. The van der Waals surface area contributed by atoms with Gasteiger partial charge in [-0.05, 0) is 37.5 Å². The third kappa shape index (κ3) is 1.80. The predicted octanol–water partition coefficient (Wildman–Crippen LogP) is 2.15. The molecule has 3 N–H and O–H groups in total. The monoisotopic (exact) mass is 232 g/mol. The quantitative estimate of drug-likeness (QED) is 0.606. The summed E-state index contributed by atoms with van der Waals surface area (Å²) < 4.78 is 0. The van der Waals surface area contributed by atoms with Crippen LogP contribution >= 0.6 is 0 Å². The zero-order valence-electron chi connectivity index (χ0n) is 10.6. The van der Waals surface area contributed by atoms with Gasteiger partial charge in [-0.25, -0.2) is 15.8 Å². The van der Waals surface area contributed by atoms with Gasteiger partial charge < -0.3 is 5.43 Å². The summed E-state index contributed by atoms with van der Waals surface area (Å²) in [6.07, 6.45) is 5.78. The number of aryl methyl sites for hydroxylation is 1. The van der Waals surface area contributed by atoms with Crippen LogP contribution in [0.5, 0.6) is 0 Å². The average molecular weight is 232 g/mol. The van der Waals surface area contributed by atoms with Crippen molar-refractivity contribution in [1.29, 1.82) is 0 Å². The van der Waals surface area contributed by atoms with E-state index in [9.17, 15) is 0 Å². The molecule has 3 rings (SSSR count). The van der Waals surface area contributed by atoms with Crippen molar-refractivity contribution in [3.8, 4) is 0 Å². The second kappa shape index (κ2) is 3.67. The van der Waals surface area contributed by atoms with Crippen LogP contribution in [0, 0.1) is 5.41 Å². The Morgan fingerprint density at radius 1 is 1.24 bits per heavy atom. The Morgan fingerprint density at radius 3 is 2.59 bits per heavy atom. The lowest BCUT2D eigenvalue weighted by Gasteiger charge is -2.19. The molecule has 0 saturated heterocycles. The summed E-state index contributed by atoms with van der Waals surface area (Å²) in [7, 11) is 0. The molecule has 0 spiro atoms. The van der Waals surface area contributed by atoms with Gasteiger partial charge in [0.1, 0.15) is 11.6 Å². The van der Waals surface area contributed by atoms with Crippen LogP contribution in [0.1, 0.15) is 56.1 Å². The summed E-state index contributed by atoms with van der Waals surface area (Å²) >= 11 is 0. The number of nitrogen functional groups attached to an aromatic ring is 1. The van der Waals surface area contributed by atoms with Crippen molar-refractivity contribution in [2.45, 2.75) is 51.9 Å². The summed E-state index contributed by atoms with van der Waals surface area (Å²) in [6, 6.07) is 0. The first kappa shape index (κ1) is 11.0. The lowest BCUT2D eigenvalue weighted by Crippen LogP contribution is -2.18. The molecular formula is C13H20N4. The van der Waals surface area contributed by atoms with E-state index in [2.05, 4.69) is 24.3 Å². The molecule has 17 heavy (non-hydrogen) atoms. The number of nitrogens with zero attached hydrogens (tertiary/aromatic N) is 2. The van der Waals surface area contributed by atoms with Crippen LogP contribution in [0.25, 0.3) is 0 Å². The third-order valence-corrected chi connectivity index (χ3v) is 4.16. The van der Waals surface area contributed by atoms with Gasteiger partial charge in [0.15, 0.2) is 0 Å². The summed E-state index contributed by atoms with van der Waals surface area (Å²) in [5, 5.41) is 0. The van der Waals surface area contributed by atoms with Gasteiger partial charge in [-0.2, -0.15) is 0 Å². The molecule has 0 aromatic carbocycles. The highest BCUT2D eigenvalue weighted by molar-refractivity contribution is 5.47. The van der Waals surface area contributed by atoms with Crippen molar-refractivity contribution >= 4 is 5.82 Å². The minimum Gasteiger partial charge on any atom is -0.308 e. The molecule has 2 aliphatic rings. The molecule has 1 fully saturated rings. The average Bonchev–Trinajstić information content (AvgIpc) is 2.97. The molecule has 1 aromatic rings. The highest BCUT2D eigenvalue weighted by Gasteiger charge is 2.49. The van der Waals surface area contributed by atoms with Crippen molar-refractivity contribution in [1.82, 2.24) is 9.97 Å². The van der Waals surface area contributed by atoms with E-state index in [1.54, 1.807) is 0 Å². The van der Waals surface area contributed by atoms with Gasteiger partial charge in [0.2, 0.25) is 0 Å². The number of nitrogens with one attached hydrogen (secondary N) is 1. The van der Waals surface area contributed by atoms with E-state index in [0.717, 1.165) is 24.5 Å². The van der Waals surface area contributed by atoms with Crippen LogP contribution < -0.4 is 11.3 Å². The van der Waals surface area contributed by atoms with E-state index in [0.29, 0.717) is 11.3 Å². The van der Waals surface area contributed by atoms with Crippen LogP contribution in [0.2, 0.25) is 0 Å². The molecule has 0 radical (unpaired) electrons. The van der Waals surface area contributed by atoms with Gasteiger partial charge in [-0.15, -0.1) is 0 Å². The minimum absolute atomic E-state index is 0.370. The van der Waals surface area contributed by atoms with Crippen molar-refractivity contribution in [2.24, 2.45) is 11.3 Å². The van der Waals surface area contributed by atoms with Crippen LogP contribution in [-0.4, -0.2) is 9.97 Å². The van der Waals surface area contributed by atoms with Crippen LogP contribution in [0.15, 0.2) is 0 Å². The number of aromatic nitrogens is 2. The first-order chi connectivity index (χ1) is 8.12. The number of hydrogen-bond donors (Lipinski definition) is 2. The maximum atomic E-state index is 5.59. The number of hydrogen-bond acceptors (Lipinski definition) is 4. The number of hydrazine groups is 1. The van der Waals surface area contributed by atoms with Gasteiger partial charge in [0, 0.05) is 17.2 Å². The molecule has 2 aliphatic carbocycles. The van der Waals surface area contributed by atoms with Crippen molar-refractivity contribution in [3.05, 3.63) is 17.1 Å². The summed E-state index contributed by atoms with van der Waals surface area (Å²) in [6.45, 7) is 4.55. The number of fused-ring (bicyclic) bond motifs is 1. The van der Waals surface area contributed by atoms with Crippen molar-refractivity contribution in [3.63, 3.8) is 0 Å². The molecule has 0 aliphatic heterocycles. The van der Waals surface area contributed by atoms with E-state index in [4.69, 9.17) is 10.8 Å². The summed E-state index contributed by atoms with van der Waals surface area (Å²) in [5.74, 6) is 7.95. The van der Waals surface area contributed by atoms with Gasteiger partial charge in [-0.3, -0.25) is 0 Å². The first-order valence-corrected chi connectivity index (χ1v) is 6.48. The molecule has 0 bridgehead atoms. The van der Waals surface area contributed by atoms with Gasteiger partial charge in [0.25, 0.3) is 0 Å². The Morgan fingerprint density at radius 2 is 1.94 bits per heavy atom. The fraction of sp³-hybridized carbons (Fsp3) is 0.692. The molecule has 92 valence electrons. The lowest BCUT2D eigenvalue weighted by atomic mass is 9.96. The number of anilines is 1. The Bertz CT molecular complexity index is 436. The van der Waals surface area contributed by atoms with E-state index in [1.165, 1.54) is 30.5 Å². The van der Waals surface area contributed by atoms with E-state index in [1.807, 2.05) is 0 Å². The molecule has 1 saturated carbocycles. The molecule has 4 nitrogen and oxygen atoms in total. The Labute approximate surface area is 102 Å². The fourth-order valence-electron chi connectivity index (χ4n) is 2.80. The zero-order valence-corrected chi connectivity index (χ0v) is 10.6. The van der Waals surface area contributed by atoms with Crippen LogP contribution in [-0.2, 0) is 12.8 Å². The van der Waals surface area contributed by atoms with Gasteiger partial charge in [-0.1, -0.05) is 13.8 Å². The van der Waals surface area contributed by atoms with Crippen LogP contribution in [0.4, 0.5) is 5.82 Å². The highest BCUT2D eigenvalue weighted by atomic mass is 15.3. The molecule has 1 atom stereocenters. The van der Waals surface area contributed by atoms with Crippen molar-refractivity contribution in [2.75, 3.05) is 5.43 Å². The molecule has 4 heteroatoms. The van der Waals surface area contributed by atoms with Crippen LogP contribution in [0.3, 0.4) is 0 Å².